The van der Waals surface area contributed by atoms with Crippen LogP contribution in [0.4, 0.5) is 5.69 Å². The fourth-order valence-corrected chi connectivity index (χ4v) is 2.57. The van der Waals surface area contributed by atoms with Crippen molar-refractivity contribution in [1.82, 2.24) is 19.7 Å². The number of hydrogen-bond donors (Lipinski definition) is 1. The van der Waals surface area contributed by atoms with Crippen molar-refractivity contribution in [3.05, 3.63) is 42.0 Å². The lowest BCUT2D eigenvalue weighted by Gasteiger charge is -2.29. The second-order valence-electron chi connectivity index (χ2n) is 4.96. The van der Waals surface area contributed by atoms with Gasteiger partial charge >= 0.3 is 0 Å². The zero-order valence-electron chi connectivity index (χ0n) is 11.2. The lowest BCUT2D eigenvalue weighted by Crippen LogP contribution is -2.36. The van der Waals surface area contributed by atoms with Crippen LogP contribution in [0.15, 0.2) is 30.9 Å². The second-order valence-corrected chi connectivity index (χ2v) is 4.96. The fourth-order valence-electron chi connectivity index (χ4n) is 2.57. The van der Waals surface area contributed by atoms with E-state index >= 15 is 0 Å². The summed E-state index contributed by atoms with van der Waals surface area (Å²) in [7, 11) is 0. The van der Waals surface area contributed by atoms with Crippen molar-refractivity contribution in [3.63, 3.8) is 0 Å². The van der Waals surface area contributed by atoms with Gasteiger partial charge in [-0.25, -0.2) is 4.98 Å². The van der Waals surface area contributed by atoms with Crippen LogP contribution >= 0.6 is 0 Å². The Bertz CT molecular complexity index is 608. The van der Waals surface area contributed by atoms with E-state index in [0.29, 0.717) is 19.5 Å². The smallest absolute Gasteiger partial charge is 0.224 e. The standard InChI is InChI=1S/C14H17N5O/c15-13-3-1-2-11-8-18(6-4-12(11)13)14(20)5-7-19-10-16-9-17-19/h1-3,9-10H,4-8,15H2. The highest BCUT2D eigenvalue weighted by atomic mass is 16.2. The van der Waals surface area contributed by atoms with Gasteiger partial charge in [0.2, 0.25) is 5.91 Å². The van der Waals surface area contributed by atoms with Crippen molar-refractivity contribution in [1.29, 1.82) is 0 Å². The lowest BCUT2D eigenvalue weighted by atomic mass is 9.98. The molecule has 0 atom stereocenters. The first kappa shape index (κ1) is 12.7. The molecule has 1 aromatic carbocycles. The number of aryl methyl sites for hydroxylation is 1. The maximum Gasteiger partial charge on any atom is 0.224 e. The monoisotopic (exact) mass is 271 g/mol. The zero-order chi connectivity index (χ0) is 13.9. The Morgan fingerprint density at radius 1 is 1.40 bits per heavy atom. The quantitative estimate of drug-likeness (QED) is 0.839. The number of rotatable bonds is 3. The van der Waals surface area contributed by atoms with E-state index in [9.17, 15) is 4.79 Å². The molecule has 0 spiro atoms. The number of amides is 1. The van der Waals surface area contributed by atoms with E-state index in [1.165, 1.54) is 11.9 Å². The number of nitrogens with two attached hydrogens (primary N) is 1. The molecule has 3 rings (SSSR count). The summed E-state index contributed by atoms with van der Waals surface area (Å²) < 4.78 is 1.67. The van der Waals surface area contributed by atoms with E-state index in [-0.39, 0.29) is 5.91 Å². The van der Waals surface area contributed by atoms with Crippen LogP contribution in [0.3, 0.4) is 0 Å². The maximum absolute atomic E-state index is 12.2. The van der Waals surface area contributed by atoms with Crippen LogP contribution in [-0.4, -0.2) is 32.1 Å². The molecule has 0 aliphatic carbocycles. The maximum atomic E-state index is 12.2. The normalized spacial score (nSPS) is 14.1. The summed E-state index contributed by atoms with van der Waals surface area (Å²) in [6.45, 7) is 1.95. The minimum absolute atomic E-state index is 0.147. The minimum atomic E-state index is 0.147. The summed E-state index contributed by atoms with van der Waals surface area (Å²) in [5.41, 5.74) is 9.14. The van der Waals surface area contributed by atoms with E-state index in [1.807, 2.05) is 23.1 Å². The highest BCUT2D eigenvalue weighted by Crippen LogP contribution is 2.24. The van der Waals surface area contributed by atoms with Gasteiger partial charge < -0.3 is 10.6 Å². The Morgan fingerprint density at radius 2 is 2.30 bits per heavy atom. The van der Waals surface area contributed by atoms with Crippen molar-refractivity contribution in [2.45, 2.75) is 25.9 Å². The molecule has 0 radical (unpaired) electrons. The third kappa shape index (κ3) is 2.49. The van der Waals surface area contributed by atoms with Crippen LogP contribution in [0.25, 0.3) is 0 Å². The molecule has 104 valence electrons. The van der Waals surface area contributed by atoms with Gasteiger partial charge in [0.05, 0.1) is 6.54 Å². The van der Waals surface area contributed by atoms with Crippen LogP contribution in [0, 0.1) is 0 Å². The summed E-state index contributed by atoms with van der Waals surface area (Å²) in [4.78, 5) is 18.0. The van der Waals surface area contributed by atoms with Crippen molar-refractivity contribution in [2.24, 2.45) is 0 Å². The summed E-state index contributed by atoms with van der Waals surface area (Å²) in [5.74, 6) is 0.147. The Balaban J connectivity index is 1.63. The van der Waals surface area contributed by atoms with Gasteiger partial charge in [0.15, 0.2) is 0 Å². The number of nitrogen functional groups attached to an aromatic ring is 1. The zero-order valence-corrected chi connectivity index (χ0v) is 11.2. The van der Waals surface area contributed by atoms with Crippen molar-refractivity contribution in [3.8, 4) is 0 Å². The van der Waals surface area contributed by atoms with Gasteiger partial charge in [-0.3, -0.25) is 9.48 Å². The van der Waals surface area contributed by atoms with Crippen LogP contribution in [0.5, 0.6) is 0 Å². The molecule has 2 aromatic rings. The van der Waals surface area contributed by atoms with Crippen molar-refractivity contribution < 1.29 is 4.79 Å². The molecule has 1 amide bonds. The average Bonchev–Trinajstić information content (AvgIpc) is 2.98. The molecular weight excluding hydrogens is 254 g/mol. The Morgan fingerprint density at radius 3 is 3.10 bits per heavy atom. The predicted octanol–water partition coefficient (Wildman–Crippen LogP) is 0.835. The SMILES string of the molecule is Nc1cccc2c1CCN(C(=O)CCn1cncn1)C2. The molecule has 2 N–H and O–H groups in total. The molecule has 6 heteroatoms. The number of hydrogen-bond acceptors (Lipinski definition) is 4. The predicted molar refractivity (Wildman–Crippen MR) is 74.6 cm³/mol. The summed E-state index contributed by atoms with van der Waals surface area (Å²) in [6.07, 6.45) is 4.38. The molecule has 20 heavy (non-hydrogen) atoms. The first-order chi connectivity index (χ1) is 9.74. The van der Waals surface area contributed by atoms with E-state index in [4.69, 9.17) is 5.73 Å². The van der Waals surface area contributed by atoms with E-state index < -0.39 is 0 Å². The van der Waals surface area contributed by atoms with Crippen LogP contribution in [0.2, 0.25) is 0 Å². The Hall–Kier alpha value is -2.37. The molecule has 0 fully saturated rings. The lowest BCUT2D eigenvalue weighted by molar-refractivity contribution is -0.132. The van der Waals surface area contributed by atoms with Crippen LogP contribution in [-0.2, 0) is 24.3 Å². The van der Waals surface area contributed by atoms with Gasteiger partial charge in [-0.2, -0.15) is 5.10 Å². The van der Waals surface area contributed by atoms with Crippen LogP contribution in [0.1, 0.15) is 17.5 Å². The number of fused-ring (bicyclic) bond motifs is 1. The summed E-state index contributed by atoms with van der Waals surface area (Å²) >= 11 is 0. The molecule has 0 saturated carbocycles. The van der Waals surface area contributed by atoms with Crippen LogP contribution < -0.4 is 5.73 Å². The summed E-state index contributed by atoms with van der Waals surface area (Å²) in [5, 5.41) is 4.00. The fraction of sp³-hybridized carbons (Fsp3) is 0.357. The first-order valence-electron chi connectivity index (χ1n) is 6.70. The highest BCUT2D eigenvalue weighted by Gasteiger charge is 2.21. The van der Waals surface area contributed by atoms with E-state index in [0.717, 1.165) is 24.2 Å². The molecular formula is C14H17N5O. The van der Waals surface area contributed by atoms with Crippen molar-refractivity contribution in [2.75, 3.05) is 12.3 Å². The molecule has 1 aliphatic heterocycles. The molecule has 0 bridgehead atoms. The molecule has 6 nitrogen and oxygen atoms in total. The van der Waals surface area contributed by atoms with Gasteiger partial charge in [-0.15, -0.1) is 0 Å². The summed E-state index contributed by atoms with van der Waals surface area (Å²) in [6, 6.07) is 5.90. The number of carbonyl (C=O) groups is 1. The number of nitrogens with zero attached hydrogens (tertiary/aromatic N) is 4. The Labute approximate surface area is 117 Å². The largest absolute Gasteiger partial charge is 0.398 e. The van der Waals surface area contributed by atoms with Gasteiger partial charge in [-0.1, -0.05) is 12.1 Å². The first-order valence-corrected chi connectivity index (χ1v) is 6.70. The van der Waals surface area contributed by atoms with E-state index in [1.54, 1.807) is 11.0 Å². The second kappa shape index (κ2) is 5.32. The molecule has 0 unspecified atom stereocenters. The van der Waals surface area contributed by atoms with Gasteiger partial charge in [0.1, 0.15) is 12.7 Å². The number of benzene rings is 1. The molecule has 0 saturated heterocycles. The number of anilines is 1. The molecule has 2 heterocycles. The number of carbonyl (C=O) groups excluding carboxylic acids is 1. The van der Waals surface area contributed by atoms with Gasteiger partial charge in [0.25, 0.3) is 0 Å². The molecule has 1 aromatic heterocycles. The van der Waals surface area contributed by atoms with Crippen molar-refractivity contribution >= 4 is 11.6 Å². The number of aromatic nitrogens is 3. The topological polar surface area (TPSA) is 77.0 Å². The van der Waals surface area contributed by atoms with E-state index in [2.05, 4.69) is 10.1 Å². The molecule has 1 aliphatic rings. The van der Waals surface area contributed by atoms with Gasteiger partial charge in [-0.05, 0) is 23.6 Å². The third-order valence-corrected chi connectivity index (χ3v) is 3.68. The average molecular weight is 271 g/mol. The van der Waals surface area contributed by atoms with Gasteiger partial charge in [0, 0.05) is 25.2 Å². The minimum Gasteiger partial charge on any atom is -0.398 e. The Kier molecular flexibility index (Phi) is 3.37. The third-order valence-electron chi connectivity index (χ3n) is 3.68. The highest BCUT2D eigenvalue weighted by molar-refractivity contribution is 5.76.